The number of carbonyl (C=O) groups is 1. The van der Waals surface area contributed by atoms with Gasteiger partial charge in [-0.1, -0.05) is 0 Å². The second kappa shape index (κ2) is 4.87. The summed E-state index contributed by atoms with van der Waals surface area (Å²) >= 11 is 0. The lowest BCUT2D eigenvalue weighted by Crippen LogP contribution is -2.09. The lowest BCUT2D eigenvalue weighted by Gasteiger charge is -2.10. The predicted octanol–water partition coefficient (Wildman–Crippen LogP) is 2.12. The first kappa shape index (κ1) is 12.4. The molecule has 0 N–H and O–H groups in total. The highest BCUT2D eigenvalue weighted by atomic mass is 19.3. The fourth-order valence-corrected chi connectivity index (χ4v) is 1.28. The van der Waals surface area contributed by atoms with Crippen LogP contribution in [0.25, 0.3) is 0 Å². The van der Waals surface area contributed by atoms with Crippen LogP contribution in [0.5, 0.6) is 5.88 Å². The Morgan fingerprint density at radius 1 is 1.44 bits per heavy atom. The van der Waals surface area contributed by atoms with Crippen LogP contribution in [0.15, 0.2) is 6.07 Å². The van der Waals surface area contributed by atoms with Crippen molar-refractivity contribution in [2.24, 2.45) is 0 Å². The number of hydrogen-bond acceptors (Lipinski definition) is 4. The van der Waals surface area contributed by atoms with Crippen molar-refractivity contribution in [2.45, 2.75) is 13.3 Å². The average molecular weight is 231 g/mol. The van der Waals surface area contributed by atoms with E-state index in [1.807, 2.05) is 0 Å². The Morgan fingerprint density at radius 2 is 2.06 bits per heavy atom. The molecule has 0 fully saturated rings. The molecule has 4 nitrogen and oxygen atoms in total. The van der Waals surface area contributed by atoms with Gasteiger partial charge in [0.1, 0.15) is 11.3 Å². The maximum Gasteiger partial charge on any atom is 0.343 e. The van der Waals surface area contributed by atoms with Crippen LogP contribution >= 0.6 is 0 Å². The van der Waals surface area contributed by atoms with Gasteiger partial charge in [0, 0.05) is 0 Å². The molecule has 0 spiro atoms. The second-order valence-corrected chi connectivity index (χ2v) is 3.04. The van der Waals surface area contributed by atoms with E-state index in [0.717, 1.165) is 6.07 Å². The Labute approximate surface area is 91.2 Å². The molecule has 1 rings (SSSR count). The molecular weight excluding hydrogens is 220 g/mol. The number of carbonyl (C=O) groups excluding carboxylic acids is 1. The largest absolute Gasteiger partial charge is 0.480 e. The minimum atomic E-state index is -2.71. The second-order valence-electron chi connectivity index (χ2n) is 3.04. The normalized spacial score (nSPS) is 10.4. The van der Waals surface area contributed by atoms with E-state index in [1.54, 1.807) is 0 Å². The maximum absolute atomic E-state index is 12.4. The first-order valence-electron chi connectivity index (χ1n) is 4.43. The van der Waals surface area contributed by atoms with Gasteiger partial charge in [-0.2, -0.15) is 0 Å². The molecule has 0 aromatic carbocycles. The van der Waals surface area contributed by atoms with Crippen LogP contribution in [0.3, 0.4) is 0 Å². The number of alkyl halides is 2. The van der Waals surface area contributed by atoms with Crippen molar-refractivity contribution in [3.05, 3.63) is 22.9 Å². The van der Waals surface area contributed by atoms with Gasteiger partial charge >= 0.3 is 5.97 Å². The van der Waals surface area contributed by atoms with Gasteiger partial charge in [-0.15, -0.1) is 0 Å². The summed E-state index contributed by atoms with van der Waals surface area (Å²) in [5.41, 5.74) is -0.0228. The summed E-state index contributed by atoms with van der Waals surface area (Å²) in [7, 11) is 2.45. The fourth-order valence-electron chi connectivity index (χ4n) is 1.28. The third-order valence-corrected chi connectivity index (χ3v) is 2.01. The number of aryl methyl sites for hydroxylation is 1. The zero-order valence-corrected chi connectivity index (χ0v) is 9.08. The van der Waals surface area contributed by atoms with E-state index in [2.05, 4.69) is 9.72 Å². The van der Waals surface area contributed by atoms with Gasteiger partial charge in [-0.05, 0) is 18.6 Å². The molecule has 6 heteroatoms. The van der Waals surface area contributed by atoms with Crippen LogP contribution in [0.2, 0.25) is 0 Å². The van der Waals surface area contributed by atoms with E-state index in [1.165, 1.54) is 21.1 Å². The van der Waals surface area contributed by atoms with Crippen molar-refractivity contribution in [1.82, 2.24) is 4.98 Å². The number of nitrogens with zero attached hydrogens (tertiary/aromatic N) is 1. The Balaban J connectivity index is 3.34. The van der Waals surface area contributed by atoms with Gasteiger partial charge in [0.15, 0.2) is 0 Å². The van der Waals surface area contributed by atoms with Crippen molar-refractivity contribution in [2.75, 3.05) is 14.2 Å². The minimum Gasteiger partial charge on any atom is -0.480 e. The standard InChI is InChI=1S/C10H11F2NO3/c1-5-4-6(8(11)12)13-9(15-2)7(5)10(14)16-3/h4,8H,1-3H3. The summed E-state index contributed by atoms with van der Waals surface area (Å²) in [6.45, 7) is 1.52. The number of rotatable bonds is 3. The highest BCUT2D eigenvalue weighted by Gasteiger charge is 2.21. The summed E-state index contributed by atoms with van der Waals surface area (Å²) < 4.78 is 34.2. The highest BCUT2D eigenvalue weighted by Crippen LogP contribution is 2.26. The molecule has 1 aromatic rings. The molecule has 0 saturated heterocycles. The molecule has 0 aliphatic heterocycles. The number of aromatic nitrogens is 1. The fraction of sp³-hybridized carbons (Fsp3) is 0.400. The predicted molar refractivity (Wildman–Crippen MR) is 51.8 cm³/mol. The molecule has 1 aromatic heterocycles. The van der Waals surface area contributed by atoms with Crippen LogP contribution in [-0.2, 0) is 4.74 Å². The Kier molecular flexibility index (Phi) is 3.76. The molecule has 0 atom stereocenters. The number of halogens is 2. The molecular formula is C10H11F2NO3. The SMILES string of the molecule is COC(=O)c1c(C)cc(C(F)F)nc1OC. The molecule has 0 radical (unpaired) electrons. The zero-order chi connectivity index (χ0) is 12.3. The Bertz CT molecular complexity index is 407. The monoisotopic (exact) mass is 231 g/mol. The van der Waals surface area contributed by atoms with Gasteiger partial charge in [0.2, 0.25) is 5.88 Å². The van der Waals surface area contributed by atoms with E-state index in [0.29, 0.717) is 5.56 Å². The summed E-state index contributed by atoms with van der Waals surface area (Å²) in [6, 6.07) is 1.14. The molecule has 0 bridgehead atoms. The zero-order valence-electron chi connectivity index (χ0n) is 9.08. The lowest BCUT2D eigenvalue weighted by molar-refractivity contribution is 0.0594. The molecule has 0 aliphatic carbocycles. The van der Waals surface area contributed by atoms with E-state index in [4.69, 9.17) is 4.74 Å². The molecule has 1 heterocycles. The number of pyridine rings is 1. The van der Waals surface area contributed by atoms with Crippen LogP contribution in [0, 0.1) is 6.92 Å². The van der Waals surface area contributed by atoms with Gasteiger partial charge in [-0.3, -0.25) is 0 Å². The van der Waals surface area contributed by atoms with Crippen LogP contribution in [0.1, 0.15) is 28.0 Å². The Morgan fingerprint density at radius 3 is 2.50 bits per heavy atom. The third-order valence-electron chi connectivity index (χ3n) is 2.01. The van der Waals surface area contributed by atoms with Crippen molar-refractivity contribution in [3.8, 4) is 5.88 Å². The summed E-state index contributed by atoms with van der Waals surface area (Å²) in [4.78, 5) is 14.9. The molecule has 0 aliphatic rings. The number of methoxy groups -OCH3 is 2. The van der Waals surface area contributed by atoms with Crippen LogP contribution in [-0.4, -0.2) is 25.2 Å². The van der Waals surface area contributed by atoms with E-state index < -0.39 is 18.1 Å². The topological polar surface area (TPSA) is 48.4 Å². The van der Waals surface area contributed by atoms with Gasteiger partial charge in [0.05, 0.1) is 14.2 Å². The quantitative estimate of drug-likeness (QED) is 0.747. The first-order chi connectivity index (χ1) is 7.51. The number of ether oxygens (including phenoxy) is 2. The van der Waals surface area contributed by atoms with Gasteiger partial charge in [-0.25, -0.2) is 18.6 Å². The first-order valence-corrected chi connectivity index (χ1v) is 4.43. The third kappa shape index (κ3) is 2.26. The van der Waals surface area contributed by atoms with Crippen molar-refractivity contribution in [1.29, 1.82) is 0 Å². The van der Waals surface area contributed by atoms with Crippen LogP contribution < -0.4 is 4.74 Å². The average Bonchev–Trinajstić information content (AvgIpc) is 2.26. The van der Waals surface area contributed by atoms with Gasteiger partial charge < -0.3 is 9.47 Å². The molecule has 0 saturated carbocycles. The van der Waals surface area contributed by atoms with E-state index >= 15 is 0 Å². The Hall–Kier alpha value is -1.72. The highest BCUT2D eigenvalue weighted by molar-refractivity contribution is 5.93. The number of esters is 1. The van der Waals surface area contributed by atoms with Crippen molar-refractivity contribution < 1.29 is 23.0 Å². The number of hydrogen-bond donors (Lipinski definition) is 0. The molecule has 88 valence electrons. The van der Waals surface area contributed by atoms with Gasteiger partial charge in [0.25, 0.3) is 6.43 Å². The molecule has 0 amide bonds. The maximum atomic E-state index is 12.4. The minimum absolute atomic E-state index is 0.0643. The summed E-state index contributed by atoms with van der Waals surface area (Å²) in [6.07, 6.45) is -2.71. The van der Waals surface area contributed by atoms with E-state index in [-0.39, 0.29) is 11.4 Å². The van der Waals surface area contributed by atoms with Crippen molar-refractivity contribution >= 4 is 5.97 Å². The molecule has 0 unspecified atom stereocenters. The van der Waals surface area contributed by atoms with Crippen LogP contribution in [0.4, 0.5) is 8.78 Å². The summed E-state index contributed by atoms with van der Waals surface area (Å²) in [5, 5.41) is 0. The molecule has 16 heavy (non-hydrogen) atoms. The van der Waals surface area contributed by atoms with Crippen molar-refractivity contribution in [3.63, 3.8) is 0 Å². The lowest BCUT2D eigenvalue weighted by atomic mass is 10.1. The smallest absolute Gasteiger partial charge is 0.343 e. The van der Waals surface area contributed by atoms with E-state index in [9.17, 15) is 13.6 Å². The summed E-state index contributed by atoms with van der Waals surface area (Å²) in [5.74, 6) is -0.815.